The summed E-state index contributed by atoms with van der Waals surface area (Å²) in [4.78, 5) is 0. The highest BCUT2D eigenvalue weighted by atomic mass is 32.2. The molecule has 20 heavy (non-hydrogen) atoms. The molecule has 0 unspecified atom stereocenters. The molecule has 2 aromatic rings. The second-order valence-corrected chi connectivity index (χ2v) is 7.31. The maximum Gasteiger partial charge on any atom is 0.252 e. The molecule has 0 fully saturated rings. The van der Waals surface area contributed by atoms with Crippen LogP contribution in [0.3, 0.4) is 0 Å². The van der Waals surface area contributed by atoms with Crippen molar-refractivity contribution in [1.82, 2.24) is 4.31 Å². The van der Waals surface area contributed by atoms with Gasteiger partial charge in [-0.3, -0.25) is 0 Å². The lowest BCUT2D eigenvalue weighted by Gasteiger charge is -2.17. The first kappa shape index (κ1) is 15.0. The summed E-state index contributed by atoms with van der Waals surface area (Å²) in [6, 6.07) is 13.2. The van der Waals surface area contributed by atoms with Gasteiger partial charge in [0.25, 0.3) is 10.0 Å². The lowest BCUT2D eigenvalue weighted by atomic mass is 10.2. The van der Waals surface area contributed by atoms with E-state index < -0.39 is 10.0 Å². The van der Waals surface area contributed by atoms with Crippen molar-refractivity contribution < 1.29 is 8.42 Å². The normalized spacial score (nSPS) is 12.3. The van der Waals surface area contributed by atoms with Crippen molar-refractivity contribution in [1.29, 1.82) is 0 Å². The summed E-state index contributed by atoms with van der Waals surface area (Å²) in [7, 11) is -3.36. The summed E-state index contributed by atoms with van der Waals surface area (Å²) in [6.45, 7) is 2.69. The van der Waals surface area contributed by atoms with Crippen LogP contribution in [-0.4, -0.2) is 25.8 Å². The van der Waals surface area contributed by atoms with E-state index in [1.54, 1.807) is 17.5 Å². The second kappa shape index (κ2) is 6.83. The highest BCUT2D eigenvalue weighted by Crippen LogP contribution is 2.20. The molecule has 0 aliphatic rings. The summed E-state index contributed by atoms with van der Waals surface area (Å²) < 4.78 is 26.6. The zero-order valence-corrected chi connectivity index (χ0v) is 12.9. The Labute approximate surface area is 124 Å². The maximum absolute atomic E-state index is 12.4. The first-order valence-electron chi connectivity index (χ1n) is 6.40. The molecule has 0 amide bonds. The molecule has 0 aliphatic heterocycles. The van der Waals surface area contributed by atoms with E-state index in [1.807, 2.05) is 49.4 Å². The minimum Gasteiger partial charge on any atom is -0.206 e. The van der Waals surface area contributed by atoms with Gasteiger partial charge in [0.1, 0.15) is 4.21 Å². The summed E-state index contributed by atoms with van der Waals surface area (Å²) in [5, 5.41) is 1.78. The largest absolute Gasteiger partial charge is 0.252 e. The molecule has 0 saturated carbocycles. The molecule has 0 saturated heterocycles. The van der Waals surface area contributed by atoms with Crippen LogP contribution in [0.15, 0.2) is 58.1 Å². The van der Waals surface area contributed by atoms with Gasteiger partial charge in [-0.05, 0) is 17.0 Å². The van der Waals surface area contributed by atoms with Crippen LogP contribution < -0.4 is 0 Å². The Hall–Kier alpha value is -1.43. The van der Waals surface area contributed by atoms with Gasteiger partial charge in [-0.15, -0.1) is 11.3 Å². The summed E-state index contributed by atoms with van der Waals surface area (Å²) in [5.41, 5.74) is 1.07. The van der Waals surface area contributed by atoms with Crippen molar-refractivity contribution >= 4 is 27.4 Å². The van der Waals surface area contributed by atoms with Crippen molar-refractivity contribution in [3.05, 3.63) is 59.5 Å². The van der Waals surface area contributed by atoms with Crippen LogP contribution in [0.25, 0.3) is 6.08 Å². The van der Waals surface area contributed by atoms with Crippen LogP contribution in [-0.2, 0) is 10.0 Å². The molecule has 3 nitrogen and oxygen atoms in total. The Morgan fingerprint density at radius 2 is 1.90 bits per heavy atom. The van der Waals surface area contributed by atoms with E-state index in [1.165, 1.54) is 15.6 Å². The standard InChI is InChI=1S/C15H17NO2S2/c1-2-16(20(17,18)15-11-7-13-19-15)12-6-10-14-8-4-3-5-9-14/h3-11,13H,2,12H2,1H3. The monoisotopic (exact) mass is 307 g/mol. The number of nitrogens with zero attached hydrogens (tertiary/aromatic N) is 1. The number of likely N-dealkylation sites (N-methyl/N-ethyl adjacent to an activating group) is 1. The van der Waals surface area contributed by atoms with Crippen LogP contribution in [0.2, 0.25) is 0 Å². The highest BCUT2D eigenvalue weighted by Gasteiger charge is 2.22. The molecule has 0 aliphatic carbocycles. The first-order chi connectivity index (χ1) is 9.64. The number of benzene rings is 1. The molecule has 0 radical (unpaired) electrons. The van der Waals surface area contributed by atoms with E-state index in [4.69, 9.17) is 0 Å². The van der Waals surface area contributed by atoms with Gasteiger partial charge < -0.3 is 0 Å². The summed E-state index contributed by atoms with van der Waals surface area (Å²) >= 11 is 1.25. The fourth-order valence-corrected chi connectivity index (χ4v) is 4.35. The van der Waals surface area contributed by atoms with Crippen LogP contribution in [0.4, 0.5) is 0 Å². The van der Waals surface area contributed by atoms with Gasteiger partial charge in [0, 0.05) is 13.1 Å². The topological polar surface area (TPSA) is 37.4 Å². The van der Waals surface area contributed by atoms with Gasteiger partial charge in [-0.2, -0.15) is 4.31 Å². The molecule has 2 rings (SSSR count). The van der Waals surface area contributed by atoms with Gasteiger partial charge in [-0.25, -0.2) is 8.42 Å². The molecular formula is C15H17NO2S2. The minimum absolute atomic E-state index is 0.381. The van der Waals surface area contributed by atoms with Crippen LogP contribution in [0, 0.1) is 0 Å². The Bertz CT molecular complexity index is 646. The van der Waals surface area contributed by atoms with Gasteiger partial charge in [0.05, 0.1) is 0 Å². The number of sulfonamides is 1. The molecule has 1 aromatic carbocycles. The van der Waals surface area contributed by atoms with Crippen molar-refractivity contribution in [2.75, 3.05) is 13.1 Å². The Morgan fingerprint density at radius 1 is 1.15 bits per heavy atom. The van der Waals surface area contributed by atoms with E-state index in [-0.39, 0.29) is 0 Å². The third-order valence-corrected chi connectivity index (χ3v) is 6.17. The average molecular weight is 307 g/mol. The summed E-state index contributed by atoms with van der Waals surface area (Å²) in [5.74, 6) is 0. The van der Waals surface area contributed by atoms with Gasteiger partial charge in [-0.1, -0.05) is 55.5 Å². The zero-order valence-electron chi connectivity index (χ0n) is 11.3. The lowest BCUT2D eigenvalue weighted by molar-refractivity contribution is 0.462. The van der Waals surface area contributed by atoms with Gasteiger partial charge in [0.15, 0.2) is 0 Å². The number of thiophene rings is 1. The van der Waals surface area contributed by atoms with Crippen LogP contribution >= 0.6 is 11.3 Å². The van der Waals surface area contributed by atoms with Gasteiger partial charge in [0.2, 0.25) is 0 Å². The molecule has 1 aromatic heterocycles. The SMILES string of the molecule is CCN(CC=Cc1ccccc1)S(=O)(=O)c1cccs1. The van der Waals surface area contributed by atoms with Gasteiger partial charge >= 0.3 is 0 Å². The third kappa shape index (κ3) is 3.56. The maximum atomic E-state index is 12.4. The van der Waals surface area contributed by atoms with E-state index in [9.17, 15) is 8.42 Å². The van der Waals surface area contributed by atoms with Crippen molar-refractivity contribution in [3.63, 3.8) is 0 Å². The summed E-state index contributed by atoms with van der Waals surface area (Å²) in [6.07, 6.45) is 3.82. The molecule has 0 N–H and O–H groups in total. The average Bonchev–Trinajstić information content (AvgIpc) is 2.99. The van der Waals surface area contributed by atoms with E-state index >= 15 is 0 Å². The van der Waals surface area contributed by atoms with Crippen molar-refractivity contribution in [3.8, 4) is 0 Å². The molecule has 0 atom stereocenters. The predicted molar refractivity (Wildman–Crippen MR) is 84.2 cm³/mol. The van der Waals surface area contributed by atoms with E-state index in [0.717, 1.165) is 5.56 Å². The third-order valence-electron chi connectivity index (χ3n) is 2.86. The highest BCUT2D eigenvalue weighted by molar-refractivity contribution is 7.91. The van der Waals surface area contributed by atoms with Crippen LogP contribution in [0.1, 0.15) is 12.5 Å². The molecule has 0 spiro atoms. The molecule has 5 heteroatoms. The van der Waals surface area contributed by atoms with Crippen LogP contribution in [0.5, 0.6) is 0 Å². The predicted octanol–water partition coefficient (Wildman–Crippen LogP) is 3.47. The fourth-order valence-electron chi connectivity index (χ4n) is 1.81. The first-order valence-corrected chi connectivity index (χ1v) is 8.72. The Morgan fingerprint density at radius 3 is 2.50 bits per heavy atom. The Balaban J connectivity index is 2.09. The van der Waals surface area contributed by atoms with Crippen molar-refractivity contribution in [2.45, 2.75) is 11.1 Å². The van der Waals surface area contributed by atoms with E-state index in [2.05, 4.69) is 0 Å². The number of rotatable bonds is 6. The molecule has 0 bridgehead atoms. The van der Waals surface area contributed by atoms with E-state index in [0.29, 0.717) is 17.3 Å². The molecule has 1 heterocycles. The van der Waals surface area contributed by atoms with Crippen molar-refractivity contribution in [2.24, 2.45) is 0 Å². The molecular weight excluding hydrogens is 290 g/mol. The smallest absolute Gasteiger partial charge is 0.206 e. The zero-order chi connectivity index (χ0) is 14.4. The Kier molecular flexibility index (Phi) is 5.11. The second-order valence-electron chi connectivity index (χ2n) is 4.20. The molecule has 106 valence electrons. The number of hydrogen-bond donors (Lipinski definition) is 0. The minimum atomic E-state index is -3.36. The number of hydrogen-bond acceptors (Lipinski definition) is 3. The quantitative estimate of drug-likeness (QED) is 0.819. The lowest BCUT2D eigenvalue weighted by Crippen LogP contribution is -2.30. The fraction of sp³-hybridized carbons (Fsp3) is 0.200.